The van der Waals surface area contributed by atoms with Crippen LogP contribution in [0.25, 0.3) is 5.57 Å². The van der Waals surface area contributed by atoms with Gasteiger partial charge in [0, 0.05) is 18.7 Å². The van der Waals surface area contributed by atoms with Gasteiger partial charge in [-0.15, -0.1) is 0 Å². The number of nitrogens with one attached hydrogen (secondary N) is 1. The van der Waals surface area contributed by atoms with Crippen LogP contribution in [0.3, 0.4) is 0 Å². The van der Waals surface area contributed by atoms with Gasteiger partial charge in [0.2, 0.25) is 5.91 Å². The van der Waals surface area contributed by atoms with Crippen LogP contribution in [-0.2, 0) is 14.8 Å². The molecule has 0 saturated heterocycles. The Balaban J connectivity index is 1.57. The first-order valence-corrected chi connectivity index (χ1v) is 11.6. The summed E-state index contributed by atoms with van der Waals surface area (Å²) in [5.41, 5.74) is 2.94. The average Bonchev–Trinajstić information content (AvgIpc) is 3.02. The van der Waals surface area contributed by atoms with Crippen LogP contribution in [0.5, 0.6) is 0 Å². The maximum absolute atomic E-state index is 13.3. The number of aliphatic imine (C=N–C) groups is 1. The van der Waals surface area contributed by atoms with Crippen LogP contribution >= 0.6 is 0 Å². The molecule has 2 aromatic rings. The van der Waals surface area contributed by atoms with Crippen LogP contribution in [0.1, 0.15) is 31.4 Å². The van der Waals surface area contributed by atoms with Gasteiger partial charge >= 0.3 is 0 Å². The van der Waals surface area contributed by atoms with Crippen LogP contribution < -0.4 is 4.72 Å². The standard InChI is InChI=1S/C23H25N3O3S/c1-16(2)21(24-22-19-10-6-7-11-20(19)30(28,29)25-22)23(27)26-14-12-18(13-15-26)17-8-4-3-5-9-17/h3-12,16,21H,13-15H2,1-2H3,(H,24,25)/t21-/m0/s1. The quantitative estimate of drug-likeness (QED) is 0.821. The van der Waals surface area contributed by atoms with Crippen LogP contribution in [0, 0.1) is 5.92 Å². The summed E-state index contributed by atoms with van der Waals surface area (Å²) >= 11 is 0. The van der Waals surface area contributed by atoms with E-state index in [0.29, 0.717) is 18.7 Å². The number of fused-ring (bicyclic) bond motifs is 1. The number of carbonyl (C=O) groups excluding carboxylic acids is 1. The first kappa shape index (κ1) is 20.3. The third kappa shape index (κ3) is 3.89. The Morgan fingerprint density at radius 2 is 1.77 bits per heavy atom. The van der Waals surface area contributed by atoms with Crippen LogP contribution in [-0.4, -0.2) is 44.2 Å². The zero-order chi connectivity index (χ0) is 21.3. The molecule has 0 aliphatic carbocycles. The van der Waals surface area contributed by atoms with E-state index in [0.717, 1.165) is 6.42 Å². The molecule has 2 aliphatic rings. The van der Waals surface area contributed by atoms with Gasteiger partial charge in [-0.05, 0) is 35.6 Å². The lowest BCUT2D eigenvalue weighted by Crippen LogP contribution is -2.43. The second kappa shape index (κ2) is 8.07. The van der Waals surface area contributed by atoms with Gasteiger partial charge in [0.1, 0.15) is 11.9 Å². The van der Waals surface area contributed by atoms with Crippen LogP contribution in [0.2, 0.25) is 0 Å². The van der Waals surface area contributed by atoms with Crippen LogP contribution in [0.4, 0.5) is 0 Å². The van der Waals surface area contributed by atoms with Gasteiger partial charge in [-0.2, -0.15) is 0 Å². The van der Waals surface area contributed by atoms with E-state index in [1.165, 1.54) is 11.1 Å². The molecule has 2 heterocycles. The molecule has 0 aromatic heterocycles. The Morgan fingerprint density at radius 1 is 1.07 bits per heavy atom. The molecule has 4 rings (SSSR count). The van der Waals surface area contributed by atoms with E-state index >= 15 is 0 Å². The van der Waals surface area contributed by atoms with Crippen molar-refractivity contribution in [2.45, 2.75) is 31.2 Å². The highest BCUT2D eigenvalue weighted by molar-refractivity contribution is 7.90. The number of hydrogen-bond acceptors (Lipinski definition) is 4. The average molecular weight is 424 g/mol. The number of sulfonamides is 1. The number of carbonyl (C=O) groups is 1. The fourth-order valence-corrected chi connectivity index (χ4v) is 5.07. The van der Waals surface area contributed by atoms with Gasteiger partial charge in [0.05, 0.1) is 4.90 Å². The van der Waals surface area contributed by atoms with E-state index in [2.05, 4.69) is 27.9 Å². The zero-order valence-electron chi connectivity index (χ0n) is 17.1. The molecular weight excluding hydrogens is 398 g/mol. The predicted molar refractivity (Wildman–Crippen MR) is 118 cm³/mol. The Morgan fingerprint density at radius 3 is 2.43 bits per heavy atom. The highest BCUT2D eigenvalue weighted by Gasteiger charge is 2.34. The lowest BCUT2D eigenvalue weighted by Gasteiger charge is -2.30. The molecular formula is C23H25N3O3S. The third-order valence-corrected chi connectivity index (χ3v) is 6.88. The molecule has 0 spiro atoms. The number of hydrogen-bond donors (Lipinski definition) is 1. The minimum Gasteiger partial charge on any atom is -0.337 e. The first-order chi connectivity index (χ1) is 14.4. The molecule has 2 aromatic carbocycles. The van der Waals surface area contributed by atoms with Crippen molar-refractivity contribution in [3.63, 3.8) is 0 Å². The smallest absolute Gasteiger partial charge is 0.263 e. The predicted octanol–water partition coefficient (Wildman–Crippen LogP) is 3.07. The summed E-state index contributed by atoms with van der Waals surface area (Å²) in [4.78, 5) is 19.8. The van der Waals surface area contributed by atoms with Crippen LogP contribution in [0.15, 0.2) is 70.6 Å². The fraction of sp³-hybridized carbons (Fsp3) is 0.304. The van der Waals surface area contributed by atoms with Crippen molar-refractivity contribution in [1.29, 1.82) is 0 Å². The summed E-state index contributed by atoms with van der Waals surface area (Å²) in [6.07, 6.45) is 2.88. The maximum Gasteiger partial charge on any atom is 0.263 e. The van der Waals surface area contributed by atoms with E-state index in [1.54, 1.807) is 29.2 Å². The van der Waals surface area contributed by atoms with Crippen molar-refractivity contribution >= 4 is 27.3 Å². The SMILES string of the molecule is CC(C)[C@H](N=C1NS(=O)(=O)c2ccccc21)C(=O)N1CC=C(c2ccccc2)CC1. The van der Waals surface area contributed by atoms with E-state index in [9.17, 15) is 13.2 Å². The molecule has 7 heteroatoms. The Hall–Kier alpha value is -2.93. The monoisotopic (exact) mass is 423 g/mol. The number of benzene rings is 2. The molecule has 156 valence electrons. The Labute approximate surface area is 177 Å². The van der Waals surface area contributed by atoms with Crippen molar-refractivity contribution in [3.8, 4) is 0 Å². The minimum absolute atomic E-state index is 0.0678. The second-order valence-electron chi connectivity index (χ2n) is 7.90. The fourth-order valence-electron chi connectivity index (χ4n) is 3.83. The molecule has 0 fully saturated rings. The number of amides is 1. The molecule has 30 heavy (non-hydrogen) atoms. The molecule has 2 aliphatic heterocycles. The molecule has 1 amide bonds. The van der Waals surface area contributed by atoms with E-state index < -0.39 is 16.1 Å². The maximum atomic E-state index is 13.3. The largest absolute Gasteiger partial charge is 0.337 e. The highest BCUT2D eigenvalue weighted by atomic mass is 32.2. The zero-order valence-corrected chi connectivity index (χ0v) is 17.9. The van der Waals surface area contributed by atoms with E-state index in [-0.39, 0.29) is 22.6 Å². The summed E-state index contributed by atoms with van der Waals surface area (Å²) in [6, 6.07) is 16.2. The second-order valence-corrected chi connectivity index (χ2v) is 9.55. The van der Waals surface area contributed by atoms with Crippen molar-refractivity contribution in [2.75, 3.05) is 13.1 Å². The highest BCUT2D eigenvalue weighted by Crippen LogP contribution is 2.26. The van der Waals surface area contributed by atoms with Crippen molar-refractivity contribution < 1.29 is 13.2 Å². The van der Waals surface area contributed by atoms with Gasteiger partial charge < -0.3 is 4.90 Å². The summed E-state index contributed by atoms with van der Waals surface area (Å²) in [7, 11) is -3.63. The first-order valence-electron chi connectivity index (χ1n) is 10.1. The van der Waals surface area contributed by atoms with Gasteiger partial charge in [-0.1, -0.05) is 62.4 Å². The molecule has 6 nitrogen and oxygen atoms in total. The van der Waals surface area contributed by atoms with Gasteiger partial charge in [0.15, 0.2) is 0 Å². The number of nitrogens with zero attached hydrogens (tertiary/aromatic N) is 2. The third-order valence-electron chi connectivity index (χ3n) is 5.48. The molecule has 0 saturated carbocycles. The minimum atomic E-state index is -3.63. The lowest BCUT2D eigenvalue weighted by molar-refractivity contribution is -0.133. The van der Waals surface area contributed by atoms with Gasteiger partial charge in [0.25, 0.3) is 10.0 Å². The van der Waals surface area contributed by atoms with Gasteiger partial charge in [-0.3, -0.25) is 14.5 Å². The normalized spacial score (nSPS) is 19.9. The van der Waals surface area contributed by atoms with E-state index in [4.69, 9.17) is 0 Å². The van der Waals surface area contributed by atoms with E-state index in [1.807, 2.05) is 32.0 Å². The Bertz CT molecular complexity index is 1120. The molecule has 0 radical (unpaired) electrons. The Kier molecular flexibility index (Phi) is 5.47. The topological polar surface area (TPSA) is 78.8 Å². The van der Waals surface area contributed by atoms with Crippen molar-refractivity contribution in [3.05, 3.63) is 71.8 Å². The van der Waals surface area contributed by atoms with Crippen molar-refractivity contribution in [1.82, 2.24) is 9.62 Å². The van der Waals surface area contributed by atoms with Crippen molar-refractivity contribution in [2.24, 2.45) is 10.9 Å². The number of rotatable bonds is 4. The molecule has 0 unspecified atom stereocenters. The number of amidine groups is 1. The molecule has 0 bridgehead atoms. The molecule has 1 N–H and O–H groups in total. The lowest BCUT2D eigenvalue weighted by atomic mass is 9.97. The molecule has 1 atom stereocenters. The van der Waals surface area contributed by atoms with Gasteiger partial charge in [-0.25, -0.2) is 8.42 Å². The summed E-state index contributed by atoms with van der Waals surface area (Å²) in [6.45, 7) is 5.00. The summed E-state index contributed by atoms with van der Waals surface area (Å²) < 4.78 is 27.2. The summed E-state index contributed by atoms with van der Waals surface area (Å²) in [5.74, 6) is 0.0985. The summed E-state index contributed by atoms with van der Waals surface area (Å²) in [5, 5.41) is 0.